The Morgan fingerprint density at radius 3 is 2.64 bits per heavy atom. The van der Waals surface area contributed by atoms with Crippen LogP contribution >= 0.6 is 0 Å². The number of rotatable bonds is 6. The zero-order chi connectivity index (χ0) is 20.3. The molecular weight excluding hydrogens is 370 g/mol. The zero-order valence-electron chi connectivity index (χ0n) is 15.8. The highest BCUT2D eigenvalue weighted by atomic mass is 19.1. The molecule has 1 aromatic rings. The first-order valence-corrected chi connectivity index (χ1v) is 9.39. The van der Waals surface area contributed by atoms with Gasteiger partial charge in [0.1, 0.15) is 17.2 Å². The Hall–Kier alpha value is -2.55. The van der Waals surface area contributed by atoms with Gasteiger partial charge in [0.2, 0.25) is 5.91 Å². The minimum Gasteiger partial charge on any atom is -0.322 e. The monoisotopic (exact) mass is 394 g/mol. The number of nitrogens with one attached hydrogen (secondary N) is 2. The Balaban J connectivity index is 1.50. The molecule has 1 aromatic carbocycles. The SMILES string of the molecule is CN(CCC(=O)NN1C(=O)NC2(CCCCC2)C1=O)Cc1ccc(F)cc1F. The van der Waals surface area contributed by atoms with E-state index in [0.29, 0.717) is 18.4 Å². The Bertz CT molecular complexity index is 780. The standard InChI is InChI=1S/C19H24F2N4O3/c1-24(12-13-5-6-14(20)11-15(13)21)10-7-16(26)23-25-17(27)19(22-18(25)28)8-3-2-4-9-19/h5-6,11H,2-4,7-10,12H2,1H3,(H,22,28)(H,23,26). The maximum Gasteiger partial charge on any atom is 0.344 e. The molecule has 152 valence electrons. The van der Waals surface area contributed by atoms with E-state index in [1.165, 1.54) is 12.1 Å². The minimum absolute atomic E-state index is 0.0172. The summed E-state index contributed by atoms with van der Waals surface area (Å²) >= 11 is 0. The molecule has 1 aliphatic heterocycles. The van der Waals surface area contributed by atoms with Crippen molar-refractivity contribution < 1.29 is 23.2 Å². The molecule has 0 bridgehead atoms. The second-order valence-corrected chi connectivity index (χ2v) is 7.47. The molecule has 2 aliphatic rings. The molecule has 28 heavy (non-hydrogen) atoms. The average Bonchev–Trinajstić information content (AvgIpc) is 2.87. The molecule has 0 aromatic heterocycles. The molecule has 4 amide bonds. The summed E-state index contributed by atoms with van der Waals surface area (Å²) in [6.45, 7) is 0.475. The number of nitrogens with zero attached hydrogens (tertiary/aromatic N) is 2. The Morgan fingerprint density at radius 2 is 1.96 bits per heavy atom. The van der Waals surface area contributed by atoms with E-state index in [1.54, 1.807) is 11.9 Å². The summed E-state index contributed by atoms with van der Waals surface area (Å²) in [5.74, 6) is -2.18. The molecule has 1 spiro atoms. The number of hydrogen-bond acceptors (Lipinski definition) is 4. The molecule has 1 saturated heterocycles. The van der Waals surface area contributed by atoms with Crippen LogP contribution in [0, 0.1) is 11.6 Å². The molecule has 3 rings (SSSR count). The van der Waals surface area contributed by atoms with Crippen LogP contribution in [0.1, 0.15) is 44.1 Å². The molecule has 7 nitrogen and oxygen atoms in total. The zero-order valence-corrected chi connectivity index (χ0v) is 15.8. The maximum atomic E-state index is 13.7. The third-order valence-corrected chi connectivity index (χ3v) is 5.28. The van der Waals surface area contributed by atoms with E-state index in [0.717, 1.165) is 30.3 Å². The van der Waals surface area contributed by atoms with Gasteiger partial charge in [-0.3, -0.25) is 15.0 Å². The van der Waals surface area contributed by atoms with Crippen LogP contribution in [0.2, 0.25) is 0 Å². The van der Waals surface area contributed by atoms with Crippen LogP contribution in [0.4, 0.5) is 13.6 Å². The first kappa shape index (κ1) is 20.2. The molecular formula is C19H24F2N4O3. The van der Waals surface area contributed by atoms with Crippen molar-refractivity contribution in [1.29, 1.82) is 0 Å². The van der Waals surface area contributed by atoms with Gasteiger partial charge in [0, 0.05) is 31.1 Å². The van der Waals surface area contributed by atoms with E-state index in [1.807, 2.05) is 0 Å². The second-order valence-electron chi connectivity index (χ2n) is 7.47. The van der Waals surface area contributed by atoms with Crippen LogP contribution in [0.5, 0.6) is 0 Å². The number of hydrogen-bond donors (Lipinski definition) is 2. The number of benzene rings is 1. The largest absolute Gasteiger partial charge is 0.344 e. The summed E-state index contributed by atoms with van der Waals surface area (Å²) in [6.07, 6.45) is 3.92. The van der Waals surface area contributed by atoms with Gasteiger partial charge < -0.3 is 10.2 Å². The highest BCUT2D eigenvalue weighted by Gasteiger charge is 2.52. The quantitative estimate of drug-likeness (QED) is 0.724. The molecule has 9 heteroatoms. The lowest BCUT2D eigenvalue weighted by Gasteiger charge is -2.30. The number of urea groups is 1. The van der Waals surface area contributed by atoms with Gasteiger partial charge in [-0.25, -0.2) is 13.6 Å². The fourth-order valence-corrected chi connectivity index (χ4v) is 3.71. The normalized spacial score (nSPS) is 18.6. The van der Waals surface area contributed by atoms with Crippen molar-refractivity contribution in [3.63, 3.8) is 0 Å². The second kappa shape index (κ2) is 8.22. The van der Waals surface area contributed by atoms with Gasteiger partial charge in [-0.15, -0.1) is 0 Å². The number of halogens is 2. The van der Waals surface area contributed by atoms with Crippen molar-refractivity contribution in [1.82, 2.24) is 20.7 Å². The number of amides is 4. The van der Waals surface area contributed by atoms with Gasteiger partial charge in [0.05, 0.1) is 0 Å². The minimum atomic E-state index is -0.889. The van der Waals surface area contributed by atoms with E-state index in [4.69, 9.17) is 0 Å². The molecule has 2 fully saturated rings. The van der Waals surface area contributed by atoms with Gasteiger partial charge >= 0.3 is 6.03 Å². The fraction of sp³-hybridized carbons (Fsp3) is 0.526. The average molecular weight is 394 g/mol. The van der Waals surface area contributed by atoms with Gasteiger partial charge in [-0.2, -0.15) is 5.01 Å². The Morgan fingerprint density at radius 1 is 1.25 bits per heavy atom. The van der Waals surface area contributed by atoms with Crippen molar-refractivity contribution in [3.05, 3.63) is 35.4 Å². The maximum absolute atomic E-state index is 13.7. The van der Waals surface area contributed by atoms with Crippen LogP contribution in [0.25, 0.3) is 0 Å². The van der Waals surface area contributed by atoms with Crippen molar-refractivity contribution >= 4 is 17.8 Å². The summed E-state index contributed by atoms with van der Waals surface area (Å²) in [6, 6.07) is 2.74. The van der Waals surface area contributed by atoms with E-state index in [-0.39, 0.29) is 19.5 Å². The summed E-state index contributed by atoms with van der Waals surface area (Å²) in [5, 5.41) is 3.49. The number of carbonyl (C=O) groups is 3. The van der Waals surface area contributed by atoms with Gasteiger partial charge in [0.15, 0.2) is 0 Å². The van der Waals surface area contributed by atoms with Gasteiger partial charge in [-0.1, -0.05) is 25.3 Å². The van der Waals surface area contributed by atoms with Crippen LogP contribution < -0.4 is 10.7 Å². The van der Waals surface area contributed by atoms with Crippen LogP contribution in [-0.4, -0.2) is 46.9 Å². The number of imide groups is 1. The Labute approximate surface area is 162 Å². The first-order chi connectivity index (χ1) is 13.3. The van der Waals surface area contributed by atoms with Crippen molar-refractivity contribution in [2.75, 3.05) is 13.6 Å². The molecule has 0 atom stereocenters. The topological polar surface area (TPSA) is 81.8 Å². The van der Waals surface area contributed by atoms with E-state index in [2.05, 4.69) is 10.7 Å². The molecule has 2 N–H and O–H groups in total. The molecule has 1 saturated carbocycles. The smallest absolute Gasteiger partial charge is 0.322 e. The van der Waals surface area contributed by atoms with Gasteiger partial charge in [-0.05, 0) is 26.0 Å². The van der Waals surface area contributed by atoms with Crippen molar-refractivity contribution in [2.24, 2.45) is 0 Å². The lowest BCUT2D eigenvalue weighted by Crippen LogP contribution is -2.51. The highest BCUT2D eigenvalue weighted by molar-refractivity contribution is 6.08. The van der Waals surface area contributed by atoms with Gasteiger partial charge in [0.25, 0.3) is 5.91 Å². The molecule has 1 aliphatic carbocycles. The lowest BCUT2D eigenvalue weighted by atomic mass is 9.82. The third-order valence-electron chi connectivity index (χ3n) is 5.28. The van der Waals surface area contributed by atoms with E-state index in [9.17, 15) is 23.2 Å². The van der Waals surface area contributed by atoms with E-state index < -0.39 is 35.0 Å². The predicted molar refractivity (Wildman–Crippen MR) is 96.6 cm³/mol. The third kappa shape index (κ3) is 4.30. The molecule has 1 heterocycles. The first-order valence-electron chi connectivity index (χ1n) is 9.39. The summed E-state index contributed by atoms with van der Waals surface area (Å²) in [4.78, 5) is 38.6. The van der Waals surface area contributed by atoms with Crippen LogP contribution in [0.15, 0.2) is 18.2 Å². The lowest BCUT2D eigenvalue weighted by molar-refractivity contribution is -0.140. The van der Waals surface area contributed by atoms with Crippen molar-refractivity contribution in [2.45, 2.75) is 50.6 Å². The van der Waals surface area contributed by atoms with Crippen LogP contribution in [-0.2, 0) is 16.1 Å². The summed E-state index contributed by atoms with van der Waals surface area (Å²) in [7, 11) is 1.70. The summed E-state index contributed by atoms with van der Waals surface area (Å²) < 4.78 is 26.7. The molecule has 0 unspecified atom stereocenters. The van der Waals surface area contributed by atoms with E-state index >= 15 is 0 Å². The number of hydrazine groups is 1. The predicted octanol–water partition coefficient (Wildman–Crippen LogP) is 2.07. The Kier molecular flexibility index (Phi) is 5.93. The molecule has 0 radical (unpaired) electrons. The van der Waals surface area contributed by atoms with Crippen LogP contribution in [0.3, 0.4) is 0 Å². The number of carbonyl (C=O) groups excluding carboxylic acids is 3. The highest BCUT2D eigenvalue weighted by Crippen LogP contribution is 2.32. The van der Waals surface area contributed by atoms with Crippen molar-refractivity contribution in [3.8, 4) is 0 Å². The fourth-order valence-electron chi connectivity index (χ4n) is 3.71. The summed E-state index contributed by atoms with van der Waals surface area (Å²) in [5.41, 5.74) is 1.80.